The monoisotopic (exact) mass is 503 g/mol. The maximum atomic E-state index is 13.1. The van der Waals surface area contributed by atoms with Crippen molar-refractivity contribution in [3.8, 4) is 11.6 Å². The van der Waals surface area contributed by atoms with Crippen LogP contribution < -0.4 is 10.9 Å². The standard InChI is InChI=1S/C29H25N7O2/c1-17-11-12-22(13-18(17)2)35-27-24(16-30-35)28(38)33-29(32-27)36-25(14-19(3)34-36)31-26(37)15-21-9-6-8-20-7-4-5-10-23(20)21/h4-14,16H,15H2,1-3H3,(H,31,37)(H,32,33,38). The van der Waals surface area contributed by atoms with Crippen LogP contribution in [0.5, 0.6) is 0 Å². The van der Waals surface area contributed by atoms with E-state index in [0.29, 0.717) is 22.5 Å². The Morgan fingerprint density at radius 3 is 2.58 bits per heavy atom. The number of amides is 1. The highest BCUT2D eigenvalue weighted by atomic mass is 16.1. The smallest absolute Gasteiger partial charge is 0.263 e. The van der Waals surface area contributed by atoms with Crippen molar-refractivity contribution >= 4 is 33.5 Å². The minimum absolute atomic E-state index is 0.182. The molecule has 0 saturated heterocycles. The molecule has 0 spiro atoms. The lowest BCUT2D eigenvalue weighted by Crippen LogP contribution is -2.20. The van der Waals surface area contributed by atoms with E-state index < -0.39 is 0 Å². The minimum atomic E-state index is -0.346. The predicted octanol–water partition coefficient (Wildman–Crippen LogP) is 4.55. The van der Waals surface area contributed by atoms with Crippen molar-refractivity contribution in [2.75, 3.05) is 5.32 Å². The van der Waals surface area contributed by atoms with Gasteiger partial charge in [-0.3, -0.25) is 14.6 Å². The van der Waals surface area contributed by atoms with Crippen LogP contribution in [0, 0.1) is 20.8 Å². The van der Waals surface area contributed by atoms with Crippen LogP contribution in [0.4, 0.5) is 5.82 Å². The molecular formula is C29H25N7O2. The van der Waals surface area contributed by atoms with Crippen molar-refractivity contribution in [2.24, 2.45) is 0 Å². The van der Waals surface area contributed by atoms with Gasteiger partial charge in [-0.2, -0.15) is 19.9 Å². The average molecular weight is 504 g/mol. The number of fused-ring (bicyclic) bond motifs is 2. The molecule has 0 saturated carbocycles. The van der Waals surface area contributed by atoms with E-state index in [9.17, 15) is 9.59 Å². The van der Waals surface area contributed by atoms with Gasteiger partial charge in [0.1, 0.15) is 11.2 Å². The number of aromatic amines is 1. The van der Waals surface area contributed by atoms with E-state index in [1.165, 1.54) is 10.9 Å². The van der Waals surface area contributed by atoms with Gasteiger partial charge >= 0.3 is 0 Å². The molecule has 0 bridgehead atoms. The first-order valence-corrected chi connectivity index (χ1v) is 12.3. The lowest BCUT2D eigenvalue weighted by Gasteiger charge is -2.10. The number of nitrogens with one attached hydrogen (secondary N) is 2. The van der Waals surface area contributed by atoms with Crippen molar-refractivity contribution in [1.82, 2.24) is 29.5 Å². The van der Waals surface area contributed by atoms with Crippen LogP contribution in [0.15, 0.2) is 77.7 Å². The molecule has 0 fully saturated rings. The Kier molecular flexibility index (Phi) is 5.60. The first kappa shape index (κ1) is 23.4. The lowest BCUT2D eigenvalue weighted by molar-refractivity contribution is -0.115. The number of H-pyrrole nitrogens is 1. The van der Waals surface area contributed by atoms with E-state index in [1.54, 1.807) is 10.7 Å². The van der Waals surface area contributed by atoms with Gasteiger partial charge in [-0.25, -0.2) is 4.68 Å². The van der Waals surface area contributed by atoms with Gasteiger partial charge in [0.15, 0.2) is 5.65 Å². The topological polar surface area (TPSA) is 110 Å². The Hall–Kier alpha value is -5.05. The second-order valence-corrected chi connectivity index (χ2v) is 9.40. The summed E-state index contributed by atoms with van der Waals surface area (Å²) in [7, 11) is 0. The van der Waals surface area contributed by atoms with Crippen molar-refractivity contribution in [2.45, 2.75) is 27.2 Å². The van der Waals surface area contributed by atoms with E-state index in [0.717, 1.165) is 33.2 Å². The summed E-state index contributed by atoms with van der Waals surface area (Å²) in [5, 5.41) is 14.3. The Balaban J connectivity index is 1.36. The Morgan fingerprint density at radius 1 is 0.921 bits per heavy atom. The molecule has 0 unspecified atom stereocenters. The summed E-state index contributed by atoms with van der Waals surface area (Å²) in [5.41, 5.74) is 4.70. The normalized spacial score (nSPS) is 11.3. The lowest BCUT2D eigenvalue weighted by atomic mass is 10.0. The van der Waals surface area contributed by atoms with Crippen molar-refractivity contribution in [3.63, 3.8) is 0 Å². The molecule has 0 atom stereocenters. The molecule has 9 nitrogen and oxygen atoms in total. The molecule has 0 radical (unpaired) electrons. The first-order chi connectivity index (χ1) is 18.4. The van der Waals surface area contributed by atoms with Gasteiger partial charge in [-0.15, -0.1) is 0 Å². The van der Waals surface area contributed by atoms with Crippen LogP contribution in [0.2, 0.25) is 0 Å². The molecule has 3 aromatic carbocycles. The number of carbonyl (C=O) groups excluding carboxylic acids is 1. The fraction of sp³-hybridized carbons (Fsp3) is 0.138. The molecule has 6 rings (SSSR count). The number of rotatable bonds is 5. The molecular weight excluding hydrogens is 478 g/mol. The number of benzene rings is 3. The fourth-order valence-electron chi connectivity index (χ4n) is 4.61. The molecule has 0 aliphatic rings. The summed E-state index contributed by atoms with van der Waals surface area (Å²) in [5.74, 6) is 0.389. The quantitative estimate of drug-likeness (QED) is 0.359. The zero-order chi connectivity index (χ0) is 26.4. The third-order valence-electron chi connectivity index (χ3n) is 6.69. The molecule has 6 aromatic rings. The SMILES string of the molecule is Cc1cc(NC(=O)Cc2cccc3ccccc23)n(-c2nc3c(cnn3-c3ccc(C)c(C)c3)c(=O)[nH]2)n1. The summed E-state index contributed by atoms with van der Waals surface area (Å²) in [4.78, 5) is 33.5. The largest absolute Gasteiger partial charge is 0.310 e. The van der Waals surface area contributed by atoms with E-state index in [-0.39, 0.29) is 23.8 Å². The number of carbonyl (C=O) groups is 1. The molecule has 3 aromatic heterocycles. The van der Waals surface area contributed by atoms with Crippen LogP contribution in [-0.2, 0) is 11.2 Å². The number of anilines is 1. The van der Waals surface area contributed by atoms with Crippen LogP contribution in [0.1, 0.15) is 22.4 Å². The highest BCUT2D eigenvalue weighted by Crippen LogP contribution is 2.22. The van der Waals surface area contributed by atoms with E-state index in [4.69, 9.17) is 4.98 Å². The summed E-state index contributed by atoms with van der Waals surface area (Å²) in [6.07, 6.45) is 1.69. The molecule has 0 aliphatic heterocycles. The number of aromatic nitrogens is 6. The molecule has 1 amide bonds. The van der Waals surface area contributed by atoms with Crippen molar-refractivity contribution in [3.05, 3.63) is 106 Å². The van der Waals surface area contributed by atoms with Gasteiger partial charge < -0.3 is 5.32 Å². The molecule has 3 heterocycles. The zero-order valence-electron chi connectivity index (χ0n) is 21.2. The number of aryl methyl sites for hydroxylation is 3. The van der Waals surface area contributed by atoms with E-state index >= 15 is 0 Å². The third kappa shape index (κ3) is 4.13. The van der Waals surface area contributed by atoms with E-state index in [1.807, 2.05) is 81.4 Å². The Bertz CT molecular complexity index is 1910. The van der Waals surface area contributed by atoms with Crippen molar-refractivity contribution in [1.29, 1.82) is 0 Å². The summed E-state index contributed by atoms with van der Waals surface area (Å²) >= 11 is 0. The first-order valence-electron chi connectivity index (χ1n) is 12.3. The van der Waals surface area contributed by atoms with Crippen LogP contribution in [0.3, 0.4) is 0 Å². The van der Waals surface area contributed by atoms with Gasteiger partial charge in [0.25, 0.3) is 5.56 Å². The second-order valence-electron chi connectivity index (χ2n) is 9.40. The molecule has 2 N–H and O–H groups in total. The number of nitrogens with zero attached hydrogens (tertiary/aromatic N) is 5. The zero-order valence-corrected chi connectivity index (χ0v) is 21.2. The molecule has 188 valence electrons. The maximum Gasteiger partial charge on any atom is 0.263 e. The Morgan fingerprint density at radius 2 is 1.74 bits per heavy atom. The second kappa shape index (κ2) is 9.11. The van der Waals surface area contributed by atoms with Crippen molar-refractivity contribution < 1.29 is 4.79 Å². The molecule has 38 heavy (non-hydrogen) atoms. The van der Waals surface area contributed by atoms with Gasteiger partial charge in [0.2, 0.25) is 11.9 Å². The van der Waals surface area contributed by atoms with Crippen LogP contribution >= 0.6 is 0 Å². The number of hydrogen-bond acceptors (Lipinski definition) is 5. The fourth-order valence-corrected chi connectivity index (χ4v) is 4.61. The summed E-state index contributed by atoms with van der Waals surface area (Å²) in [6, 6.07) is 21.6. The molecule has 0 aliphatic carbocycles. The van der Waals surface area contributed by atoms with Gasteiger partial charge in [-0.05, 0) is 60.4 Å². The Labute approximate surface area is 217 Å². The van der Waals surface area contributed by atoms with Crippen LogP contribution in [-0.4, -0.2) is 35.4 Å². The summed E-state index contributed by atoms with van der Waals surface area (Å²) in [6.45, 7) is 5.88. The number of hydrogen-bond donors (Lipinski definition) is 2. The highest BCUT2D eigenvalue weighted by molar-refractivity contribution is 5.96. The van der Waals surface area contributed by atoms with Gasteiger partial charge in [0, 0.05) is 6.07 Å². The summed E-state index contributed by atoms with van der Waals surface area (Å²) < 4.78 is 3.07. The maximum absolute atomic E-state index is 13.1. The minimum Gasteiger partial charge on any atom is -0.310 e. The average Bonchev–Trinajstić information content (AvgIpc) is 3.49. The van der Waals surface area contributed by atoms with Crippen LogP contribution in [0.25, 0.3) is 33.4 Å². The highest BCUT2D eigenvalue weighted by Gasteiger charge is 2.17. The predicted molar refractivity (Wildman–Crippen MR) is 147 cm³/mol. The van der Waals surface area contributed by atoms with E-state index in [2.05, 4.69) is 20.5 Å². The van der Waals surface area contributed by atoms with Gasteiger partial charge in [-0.1, -0.05) is 48.5 Å². The molecule has 9 heteroatoms. The third-order valence-corrected chi connectivity index (χ3v) is 6.69. The van der Waals surface area contributed by atoms with Gasteiger partial charge in [0.05, 0.1) is 24.0 Å².